The normalized spacial score (nSPS) is 10.3. The van der Waals surface area contributed by atoms with Crippen LogP contribution in [0.25, 0.3) is 0 Å². The number of pyridine rings is 1. The maximum Gasteiger partial charge on any atom is 0.253 e. The molecule has 20 heavy (non-hydrogen) atoms. The van der Waals surface area contributed by atoms with E-state index in [4.69, 9.17) is 11.6 Å². The van der Waals surface area contributed by atoms with Crippen molar-refractivity contribution in [1.82, 2.24) is 10.3 Å². The molecule has 2 N–H and O–H groups in total. The largest absolute Gasteiger partial charge is 0.373 e. The Morgan fingerprint density at radius 1 is 1.40 bits per heavy atom. The lowest BCUT2D eigenvalue weighted by molar-refractivity contribution is 0.0951. The van der Waals surface area contributed by atoms with Crippen molar-refractivity contribution in [1.29, 1.82) is 0 Å². The molecule has 0 aliphatic carbocycles. The van der Waals surface area contributed by atoms with Gasteiger partial charge in [-0.2, -0.15) is 0 Å². The second kappa shape index (κ2) is 6.72. The highest BCUT2D eigenvalue weighted by atomic mass is 35.5. The van der Waals surface area contributed by atoms with Gasteiger partial charge in [-0.15, -0.1) is 11.3 Å². The van der Waals surface area contributed by atoms with E-state index in [1.807, 2.05) is 6.07 Å². The van der Waals surface area contributed by atoms with Gasteiger partial charge >= 0.3 is 0 Å². The summed E-state index contributed by atoms with van der Waals surface area (Å²) >= 11 is 7.72. The molecule has 4 nitrogen and oxygen atoms in total. The fourth-order valence-corrected chi connectivity index (χ4v) is 2.81. The first-order valence-electron chi connectivity index (χ1n) is 6.33. The molecule has 2 aromatic rings. The molecule has 0 aromatic carbocycles. The minimum atomic E-state index is -0.194. The third kappa shape index (κ3) is 3.49. The summed E-state index contributed by atoms with van der Waals surface area (Å²) in [6, 6.07) is 5.77. The van der Waals surface area contributed by atoms with E-state index in [0.717, 1.165) is 11.3 Å². The van der Waals surface area contributed by atoms with E-state index in [1.165, 1.54) is 11.1 Å². The van der Waals surface area contributed by atoms with Gasteiger partial charge < -0.3 is 10.6 Å². The SMILES string of the molecule is CCc1ccc(CNC(=O)c2cc(NC)ncc2Cl)s1. The molecular weight excluding hydrogens is 294 g/mol. The van der Waals surface area contributed by atoms with Gasteiger partial charge in [-0.05, 0) is 24.6 Å². The first-order valence-corrected chi connectivity index (χ1v) is 7.52. The Bertz CT molecular complexity index is 612. The topological polar surface area (TPSA) is 54.0 Å². The van der Waals surface area contributed by atoms with E-state index in [2.05, 4.69) is 28.6 Å². The van der Waals surface area contributed by atoms with Crippen LogP contribution in [0.4, 0.5) is 5.82 Å². The monoisotopic (exact) mass is 309 g/mol. The maximum atomic E-state index is 12.1. The van der Waals surface area contributed by atoms with Crippen molar-refractivity contribution in [3.8, 4) is 0 Å². The molecule has 0 aliphatic rings. The average Bonchev–Trinajstić information content (AvgIpc) is 2.93. The number of thiophene rings is 1. The fraction of sp³-hybridized carbons (Fsp3) is 0.286. The van der Waals surface area contributed by atoms with E-state index in [9.17, 15) is 4.79 Å². The summed E-state index contributed by atoms with van der Waals surface area (Å²) in [7, 11) is 1.75. The number of nitrogens with one attached hydrogen (secondary N) is 2. The molecule has 0 aliphatic heterocycles. The number of hydrogen-bond acceptors (Lipinski definition) is 4. The van der Waals surface area contributed by atoms with Gasteiger partial charge in [0.15, 0.2) is 0 Å². The highest BCUT2D eigenvalue weighted by Gasteiger charge is 2.12. The van der Waals surface area contributed by atoms with Gasteiger partial charge in [0.2, 0.25) is 0 Å². The molecular formula is C14H16ClN3OS. The molecule has 0 bridgehead atoms. The molecule has 6 heteroatoms. The molecule has 0 saturated carbocycles. The van der Waals surface area contributed by atoms with E-state index in [-0.39, 0.29) is 5.91 Å². The Balaban J connectivity index is 2.04. The Kier molecular flexibility index (Phi) is 4.98. The van der Waals surface area contributed by atoms with Crippen LogP contribution in [0, 0.1) is 0 Å². The second-order valence-electron chi connectivity index (χ2n) is 4.20. The summed E-state index contributed by atoms with van der Waals surface area (Å²) in [5.74, 6) is 0.421. The molecule has 2 aromatic heterocycles. The van der Waals surface area contributed by atoms with Crippen molar-refractivity contribution in [2.75, 3.05) is 12.4 Å². The molecule has 2 rings (SSSR count). The number of carbonyl (C=O) groups excluding carboxylic acids is 1. The van der Waals surface area contributed by atoms with Crippen molar-refractivity contribution < 1.29 is 4.79 Å². The van der Waals surface area contributed by atoms with Gasteiger partial charge in [-0.1, -0.05) is 18.5 Å². The molecule has 1 amide bonds. The highest BCUT2D eigenvalue weighted by Crippen LogP contribution is 2.19. The van der Waals surface area contributed by atoms with Crippen LogP contribution in [-0.2, 0) is 13.0 Å². The van der Waals surface area contributed by atoms with Crippen molar-refractivity contribution in [3.05, 3.63) is 44.7 Å². The standard InChI is InChI=1S/C14H16ClN3OS/c1-3-9-4-5-10(20-9)7-18-14(19)11-6-13(16-2)17-8-12(11)15/h4-6,8H,3,7H2,1-2H3,(H,16,17)(H,18,19). The Hall–Kier alpha value is -1.59. The molecule has 0 atom stereocenters. The molecule has 0 spiro atoms. The zero-order valence-electron chi connectivity index (χ0n) is 11.4. The van der Waals surface area contributed by atoms with Crippen LogP contribution in [0.3, 0.4) is 0 Å². The van der Waals surface area contributed by atoms with Crippen molar-refractivity contribution in [2.24, 2.45) is 0 Å². The van der Waals surface area contributed by atoms with E-state index >= 15 is 0 Å². The van der Waals surface area contributed by atoms with Crippen LogP contribution >= 0.6 is 22.9 Å². The van der Waals surface area contributed by atoms with Crippen molar-refractivity contribution in [2.45, 2.75) is 19.9 Å². The third-order valence-electron chi connectivity index (χ3n) is 2.85. The molecule has 2 heterocycles. The zero-order chi connectivity index (χ0) is 14.5. The van der Waals surface area contributed by atoms with E-state index < -0.39 is 0 Å². The summed E-state index contributed by atoms with van der Waals surface area (Å²) in [4.78, 5) is 18.6. The molecule has 0 radical (unpaired) electrons. The third-order valence-corrected chi connectivity index (χ3v) is 4.38. The van der Waals surface area contributed by atoms with Gasteiger partial charge in [-0.3, -0.25) is 4.79 Å². The van der Waals surface area contributed by atoms with Gasteiger partial charge in [0.1, 0.15) is 5.82 Å². The number of carbonyl (C=O) groups is 1. The van der Waals surface area contributed by atoms with Gasteiger partial charge in [0, 0.05) is 23.0 Å². The van der Waals surface area contributed by atoms with Crippen LogP contribution in [0.1, 0.15) is 27.0 Å². The van der Waals surface area contributed by atoms with Crippen LogP contribution in [0.5, 0.6) is 0 Å². The van der Waals surface area contributed by atoms with Crippen LogP contribution in [-0.4, -0.2) is 17.9 Å². The zero-order valence-corrected chi connectivity index (χ0v) is 12.9. The number of hydrogen-bond donors (Lipinski definition) is 2. The quantitative estimate of drug-likeness (QED) is 0.890. The minimum Gasteiger partial charge on any atom is -0.373 e. The number of rotatable bonds is 5. The van der Waals surface area contributed by atoms with E-state index in [1.54, 1.807) is 24.5 Å². The smallest absolute Gasteiger partial charge is 0.253 e. The average molecular weight is 310 g/mol. The Labute approximate surface area is 127 Å². The summed E-state index contributed by atoms with van der Waals surface area (Å²) in [5.41, 5.74) is 0.429. The predicted octanol–water partition coefficient (Wildman–Crippen LogP) is 3.33. The lowest BCUT2D eigenvalue weighted by Gasteiger charge is -2.07. The number of aryl methyl sites for hydroxylation is 1. The summed E-state index contributed by atoms with van der Waals surface area (Å²) in [6.07, 6.45) is 2.49. The first kappa shape index (κ1) is 14.8. The van der Waals surface area contributed by atoms with Crippen molar-refractivity contribution >= 4 is 34.7 Å². The lowest BCUT2D eigenvalue weighted by atomic mass is 10.2. The molecule has 0 fully saturated rings. The van der Waals surface area contributed by atoms with Gasteiger partial charge in [0.25, 0.3) is 5.91 Å². The Morgan fingerprint density at radius 3 is 2.80 bits per heavy atom. The summed E-state index contributed by atoms with van der Waals surface area (Å²) in [5, 5.41) is 6.11. The van der Waals surface area contributed by atoms with Crippen LogP contribution in [0.2, 0.25) is 5.02 Å². The summed E-state index contributed by atoms with van der Waals surface area (Å²) < 4.78 is 0. The number of anilines is 1. The number of amides is 1. The fourth-order valence-electron chi connectivity index (χ4n) is 1.72. The van der Waals surface area contributed by atoms with Crippen LogP contribution < -0.4 is 10.6 Å². The predicted molar refractivity (Wildman–Crippen MR) is 83.7 cm³/mol. The number of aromatic nitrogens is 1. The maximum absolute atomic E-state index is 12.1. The lowest BCUT2D eigenvalue weighted by Crippen LogP contribution is -2.22. The molecule has 0 saturated heterocycles. The van der Waals surface area contributed by atoms with E-state index in [0.29, 0.717) is 22.9 Å². The molecule has 0 unspecified atom stereocenters. The number of nitrogens with zero attached hydrogens (tertiary/aromatic N) is 1. The number of halogens is 1. The Morgan fingerprint density at radius 2 is 2.15 bits per heavy atom. The van der Waals surface area contributed by atoms with Gasteiger partial charge in [-0.25, -0.2) is 4.98 Å². The van der Waals surface area contributed by atoms with Crippen LogP contribution in [0.15, 0.2) is 24.4 Å². The minimum absolute atomic E-state index is 0.194. The molecule has 106 valence electrons. The summed E-state index contributed by atoms with van der Waals surface area (Å²) in [6.45, 7) is 2.63. The first-order chi connectivity index (χ1) is 9.63. The van der Waals surface area contributed by atoms with Crippen molar-refractivity contribution in [3.63, 3.8) is 0 Å². The highest BCUT2D eigenvalue weighted by molar-refractivity contribution is 7.11. The van der Waals surface area contributed by atoms with Gasteiger partial charge in [0.05, 0.1) is 17.1 Å². The second-order valence-corrected chi connectivity index (χ2v) is 5.86.